The Bertz CT molecular complexity index is 1090. The van der Waals surface area contributed by atoms with E-state index in [1.54, 1.807) is 11.9 Å². The largest absolute Gasteiger partial charge is 0.349 e. The number of carbonyl (C=O) groups is 2. The summed E-state index contributed by atoms with van der Waals surface area (Å²) in [4.78, 5) is 31.8. The summed E-state index contributed by atoms with van der Waals surface area (Å²) in [6.45, 7) is 4.63. The summed E-state index contributed by atoms with van der Waals surface area (Å²) in [5, 5.41) is 3.86. The number of fused-ring (bicyclic) bond motifs is 1. The van der Waals surface area contributed by atoms with Crippen molar-refractivity contribution in [1.29, 1.82) is 0 Å². The van der Waals surface area contributed by atoms with E-state index in [1.165, 1.54) is 0 Å². The van der Waals surface area contributed by atoms with E-state index >= 15 is 0 Å². The molecule has 1 N–H and O–H groups in total. The van der Waals surface area contributed by atoms with Crippen molar-refractivity contribution in [2.75, 3.05) is 7.05 Å². The predicted molar refractivity (Wildman–Crippen MR) is 119 cm³/mol. The fourth-order valence-corrected chi connectivity index (χ4v) is 3.48. The van der Waals surface area contributed by atoms with Gasteiger partial charge in [0.05, 0.1) is 11.1 Å². The highest BCUT2D eigenvalue weighted by molar-refractivity contribution is 6.06. The first-order chi connectivity index (χ1) is 14.4. The summed E-state index contributed by atoms with van der Waals surface area (Å²) < 4.78 is 0. The molecule has 0 saturated heterocycles. The molecule has 0 aliphatic heterocycles. The summed E-state index contributed by atoms with van der Waals surface area (Å²) in [6, 6.07) is 17.5. The maximum Gasteiger partial charge on any atom is 0.254 e. The molecule has 1 aliphatic carbocycles. The minimum Gasteiger partial charge on any atom is -0.349 e. The van der Waals surface area contributed by atoms with Crippen LogP contribution in [-0.2, 0) is 6.54 Å². The molecular formula is C25H27N3O2. The molecule has 1 saturated carbocycles. The van der Waals surface area contributed by atoms with Crippen molar-refractivity contribution in [2.45, 2.75) is 45.2 Å². The molecular weight excluding hydrogens is 374 g/mol. The van der Waals surface area contributed by atoms with Gasteiger partial charge in [-0.2, -0.15) is 0 Å². The van der Waals surface area contributed by atoms with Crippen LogP contribution in [0.25, 0.3) is 10.9 Å². The number of hydrogen-bond donors (Lipinski definition) is 1. The van der Waals surface area contributed by atoms with Gasteiger partial charge in [0, 0.05) is 36.3 Å². The zero-order valence-corrected chi connectivity index (χ0v) is 17.7. The maximum atomic E-state index is 13.3. The first kappa shape index (κ1) is 20.1. The molecule has 154 valence electrons. The Morgan fingerprint density at radius 1 is 1.10 bits per heavy atom. The summed E-state index contributed by atoms with van der Waals surface area (Å²) >= 11 is 0. The maximum absolute atomic E-state index is 13.3. The van der Waals surface area contributed by atoms with Crippen molar-refractivity contribution in [3.63, 3.8) is 0 Å². The number of para-hydroxylation sites is 1. The lowest BCUT2D eigenvalue weighted by molar-refractivity contribution is 0.0786. The van der Waals surface area contributed by atoms with Crippen LogP contribution in [0.2, 0.25) is 0 Å². The molecule has 5 nitrogen and oxygen atoms in total. The second-order valence-corrected chi connectivity index (χ2v) is 8.37. The summed E-state index contributed by atoms with van der Waals surface area (Å²) in [6.07, 6.45) is 2.14. The molecule has 0 spiro atoms. The Labute approximate surface area is 177 Å². The first-order valence-corrected chi connectivity index (χ1v) is 10.5. The molecule has 30 heavy (non-hydrogen) atoms. The molecule has 2 aromatic carbocycles. The average molecular weight is 402 g/mol. The van der Waals surface area contributed by atoms with E-state index in [4.69, 9.17) is 4.98 Å². The van der Waals surface area contributed by atoms with Crippen LogP contribution in [-0.4, -0.2) is 34.8 Å². The van der Waals surface area contributed by atoms with Crippen molar-refractivity contribution in [3.05, 3.63) is 77.0 Å². The van der Waals surface area contributed by atoms with Gasteiger partial charge in [0.2, 0.25) is 0 Å². The van der Waals surface area contributed by atoms with Crippen LogP contribution >= 0.6 is 0 Å². The van der Waals surface area contributed by atoms with Gasteiger partial charge in [-0.1, -0.05) is 44.2 Å². The molecule has 0 atom stereocenters. The van der Waals surface area contributed by atoms with E-state index in [2.05, 4.69) is 19.2 Å². The Balaban J connectivity index is 1.53. The first-order valence-electron chi connectivity index (χ1n) is 10.5. The van der Waals surface area contributed by atoms with Gasteiger partial charge in [-0.25, -0.2) is 0 Å². The van der Waals surface area contributed by atoms with Crippen molar-refractivity contribution in [2.24, 2.45) is 0 Å². The van der Waals surface area contributed by atoms with Crippen molar-refractivity contribution < 1.29 is 9.59 Å². The molecule has 0 bridgehead atoms. The number of aromatic nitrogens is 1. The number of hydrogen-bond acceptors (Lipinski definition) is 3. The Morgan fingerprint density at radius 2 is 1.80 bits per heavy atom. The van der Waals surface area contributed by atoms with Crippen LogP contribution in [0, 0.1) is 0 Å². The zero-order valence-electron chi connectivity index (χ0n) is 17.7. The van der Waals surface area contributed by atoms with Crippen molar-refractivity contribution in [3.8, 4) is 0 Å². The summed E-state index contributed by atoms with van der Waals surface area (Å²) in [5.74, 6) is 0.171. The second-order valence-electron chi connectivity index (χ2n) is 8.37. The SMILES string of the molecule is CC(C)c1cc(C(=O)N(C)Cc2ccc(C(=O)NC3CC3)cc2)c2ccccc2n1. The molecule has 1 aromatic heterocycles. The second kappa shape index (κ2) is 8.27. The van der Waals surface area contributed by atoms with E-state index < -0.39 is 0 Å². The Morgan fingerprint density at radius 3 is 2.47 bits per heavy atom. The number of nitrogens with one attached hydrogen (secondary N) is 1. The summed E-state index contributed by atoms with van der Waals surface area (Å²) in [5.41, 5.74) is 4.06. The van der Waals surface area contributed by atoms with Gasteiger partial charge in [-0.15, -0.1) is 0 Å². The molecule has 2 amide bonds. The van der Waals surface area contributed by atoms with Gasteiger partial charge >= 0.3 is 0 Å². The van der Waals surface area contributed by atoms with Gasteiger partial charge in [0.1, 0.15) is 0 Å². The van der Waals surface area contributed by atoms with Crippen LogP contribution < -0.4 is 5.32 Å². The molecule has 1 fully saturated rings. The monoisotopic (exact) mass is 401 g/mol. The fraction of sp³-hybridized carbons (Fsp3) is 0.320. The van der Waals surface area contributed by atoms with Crippen LogP contribution in [0.15, 0.2) is 54.6 Å². The van der Waals surface area contributed by atoms with Gasteiger partial charge < -0.3 is 10.2 Å². The van der Waals surface area contributed by atoms with Crippen LogP contribution in [0.4, 0.5) is 0 Å². The molecule has 1 aliphatic rings. The lowest BCUT2D eigenvalue weighted by Gasteiger charge is -2.19. The van der Waals surface area contributed by atoms with Gasteiger partial charge in [-0.05, 0) is 48.6 Å². The number of nitrogens with zero attached hydrogens (tertiary/aromatic N) is 2. The Hall–Kier alpha value is -3.21. The third-order valence-electron chi connectivity index (χ3n) is 5.45. The van der Waals surface area contributed by atoms with Crippen LogP contribution in [0.3, 0.4) is 0 Å². The van der Waals surface area contributed by atoms with Crippen LogP contribution in [0.5, 0.6) is 0 Å². The van der Waals surface area contributed by atoms with Gasteiger partial charge in [-0.3, -0.25) is 14.6 Å². The molecule has 0 radical (unpaired) electrons. The quantitative estimate of drug-likeness (QED) is 0.660. The minimum absolute atomic E-state index is 0.0297. The van der Waals surface area contributed by atoms with E-state index in [0.29, 0.717) is 23.7 Å². The highest BCUT2D eigenvalue weighted by atomic mass is 16.2. The third-order valence-corrected chi connectivity index (χ3v) is 5.45. The molecule has 3 aromatic rings. The Kier molecular flexibility index (Phi) is 5.53. The smallest absolute Gasteiger partial charge is 0.254 e. The van der Waals surface area contributed by atoms with Crippen molar-refractivity contribution >= 4 is 22.7 Å². The molecule has 1 heterocycles. The molecule has 5 heteroatoms. The molecule has 0 unspecified atom stereocenters. The number of benzene rings is 2. The lowest BCUT2D eigenvalue weighted by atomic mass is 10.0. The van der Waals surface area contributed by atoms with E-state index in [1.807, 2.05) is 54.6 Å². The predicted octanol–water partition coefficient (Wildman–Crippen LogP) is 4.52. The average Bonchev–Trinajstić information content (AvgIpc) is 3.56. The van der Waals surface area contributed by atoms with Gasteiger partial charge in [0.15, 0.2) is 0 Å². The van der Waals surface area contributed by atoms with E-state index in [-0.39, 0.29) is 17.7 Å². The number of carbonyl (C=O) groups excluding carboxylic acids is 2. The van der Waals surface area contributed by atoms with Crippen LogP contribution in [0.1, 0.15) is 64.6 Å². The van der Waals surface area contributed by atoms with E-state index in [9.17, 15) is 9.59 Å². The normalized spacial score (nSPS) is 13.5. The highest BCUT2D eigenvalue weighted by Gasteiger charge is 2.24. The number of pyridine rings is 1. The standard InChI is InChI=1S/C25H27N3O2/c1-16(2)23-14-21(20-6-4-5-7-22(20)27-23)25(30)28(3)15-17-8-10-18(11-9-17)24(29)26-19-12-13-19/h4-11,14,16,19H,12-13,15H2,1-3H3,(H,26,29). The van der Waals surface area contributed by atoms with Crippen molar-refractivity contribution in [1.82, 2.24) is 15.2 Å². The minimum atomic E-state index is -0.0361. The van der Waals surface area contributed by atoms with Gasteiger partial charge in [0.25, 0.3) is 11.8 Å². The third kappa shape index (κ3) is 4.35. The lowest BCUT2D eigenvalue weighted by Crippen LogP contribution is -2.27. The number of amides is 2. The molecule has 4 rings (SSSR count). The zero-order chi connectivity index (χ0) is 21.3. The summed E-state index contributed by atoms with van der Waals surface area (Å²) in [7, 11) is 1.81. The van der Waals surface area contributed by atoms with E-state index in [0.717, 1.165) is 35.0 Å². The fourth-order valence-electron chi connectivity index (χ4n) is 3.48. The highest BCUT2D eigenvalue weighted by Crippen LogP contribution is 2.24. The number of rotatable bonds is 6. The topological polar surface area (TPSA) is 62.3 Å².